The summed E-state index contributed by atoms with van der Waals surface area (Å²) in [5, 5.41) is 25.1. The van der Waals surface area contributed by atoms with Crippen LogP contribution in [0.4, 0.5) is 11.6 Å². The summed E-state index contributed by atoms with van der Waals surface area (Å²) >= 11 is 6.16. The molecule has 0 radical (unpaired) electrons. The van der Waals surface area contributed by atoms with E-state index in [4.69, 9.17) is 26.1 Å². The molecule has 198 valence electrons. The summed E-state index contributed by atoms with van der Waals surface area (Å²) in [4.78, 5) is 43.8. The van der Waals surface area contributed by atoms with Crippen molar-refractivity contribution < 1.29 is 38.8 Å². The lowest BCUT2D eigenvalue weighted by Crippen LogP contribution is -2.32. The number of para-hydroxylation sites is 1. The van der Waals surface area contributed by atoms with E-state index in [-0.39, 0.29) is 23.2 Å². The van der Waals surface area contributed by atoms with Crippen LogP contribution in [0, 0.1) is 0 Å². The molecular formula is C20H23ClN6O8P2. The molecule has 5 rings (SSSR count). The van der Waals surface area contributed by atoms with Crippen LogP contribution in [0.25, 0.3) is 22.1 Å². The van der Waals surface area contributed by atoms with Crippen molar-refractivity contribution in [3.05, 3.63) is 41.9 Å². The minimum atomic E-state index is -4.71. The number of fused-ring (bicyclic) bond motifs is 2. The zero-order chi connectivity index (χ0) is 26.5. The Hall–Kier alpha value is -2.38. The van der Waals surface area contributed by atoms with Gasteiger partial charge in [-0.1, -0.05) is 18.2 Å². The maximum atomic E-state index is 12.1. The van der Waals surface area contributed by atoms with Crippen molar-refractivity contribution in [2.24, 2.45) is 0 Å². The van der Waals surface area contributed by atoms with Crippen LogP contribution in [0.1, 0.15) is 12.6 Å². The normalized spacial score (nSPS) is 24.1. The maximum Gasteiger partial charge on any atom is 0.335 e. The molecule has 3 aromatic heterocycles. The number of nitrogens with one attached hydrogen (secondary N) is 2. The standard InChI is InChI=1S/C20H23ClN6O8P2/c21-20-25-17(24-13-7-10-3-1-2-4-11(10)23-13)14-18(26-20)27(8-22-14)19-16(29)15(28)12(35-19)5-6-36(30,31)9-37(32,33)34/h1-4,7-8,12,15-16,19,23,28-29H,5-6,9H2,(H,30,31)(H,24,25,26)(H2,32,33,34)/t12-,15+,16?,19-/m1/s1. The van der Waals surface area contributed by atoms with Crippen LogP contribution < -0.4 is 5.32 Å². The first-order chi connectivity index (χ1) is 17.4. The van der Waals surface area contributed by atoms with E-state index in [1.807, 2.05) is 30.3 Å². The molecule has 4 heterocycles. The molecule has 0 saturated carbocycles. The fraction of sp³-hybridized carbons (Fsp3) is 0.350. The Balaban J connectivity index is 1.38. The number of benzene rings is 1. The van der Waals surface area contributed by atoms with E-state index in [1.54, 1.807) is 0 Å². The summed E-state index contributed by atoms with van der Waals surface area (Å²) in [5.41, 5.74) is 1.41. The highest BCUT2D eigenvalue weighted by molar-refractivity contribution is 7.72. The molecular weight excluding hydrogens is 550 g/mol. The Morgan fingerprint density at radius 2 is 1.89 bits per heavy atom. The van der Waals surface area contributed by atoms with E-state index < -0.39 is 51.6 Å². The topological polar surface area (TPSA) is 216 Å². The Kier molecular flexibility index (Phi) is 6.90. The predicted octanol–water partition coefficient (Wildman–Crippen LogP) is 2.12. The van der Waals surface area contributed by atoms with E-state index in [0.29, 0.717) is 11.3 Å². The second-order valence-corrected chi connectivity index (χ2v) is 13.7. The minimum Gasteiger partial charge on any atom is -0.388 e. The molecule has 1 aliphatic heterocycles. The molecule has 14 nitrogen and oxygen atoms in total. The fourth-order valence-electron chi connectivity index (χ4n) is 4.32. The van der Waals surface area contributed by atoms with Gasteiger partial charge >= 0.3 is 7.60 Å². The summed E-state index contributed by atoms with van der Waals surface area (Å²) < 4.78 is 30.4. The molecule has 0 amide bonds. The molecule has 1 aliphatic rings. The highest BCUT2D eigenvalue weighted by Gasteiger charge is 2.45. The number of nitrogens with zero attached hydrogens (tertiary/aromatic N) is 4. The number of aromatic amines is 1. The molecule has 0 spiro atoms. The van der Waals surface area contributed by atoms with Crippen LogP contribution in [0.2, 0.25) is 5.28 Å². The van der Waals surface area contributed by atoms with E-state index in [2.05, 4.69) is 25.3 Å². The minimum absolute atomic E-state index is 0.115. The first kappa shape index (κ1) is 26.2. The fourth-order valence-corrected chi connectivity index (χ4v) is 8.01. The quantitative estimate of drug-likeness (QED) is 0.119. The SMILES string of the molecule is O=P(O)(O)CP(=O)(O)CC[C@H]1O[C@@H](n2cnc3c(Nc4cc5ccccc5[nH]4)nc(Cl)nc32)C(O)[C@H]1O. The number of aliphatic hydroxyl groups excluding tert-OH is 2. The van der Waals surface area contributed by atoms with Gasteiger partial charge in [0.25, 0.3) is 0 Å². The molecule has 5 atom stereocenters. The lowest BCUT2D eigenvalue weighted by molar-refractivity contribution is -0.0354. The summed E-state index contributed by atoms with van der Waals surface area (Å²) in [6, 6.07) is 9.55. The monoisotopic (exact) mass is 572 g/mol. The molecule has 1 saturated heterocycles. The second kappa shape index (κ2) is 9.73. The molecule has 0 bridgehead atoms. The molecule has 7 N–H and O–H groups in total. The molecule has 1 fully saturated rings. The highest BCUT2D eigenvalue weighted by atomic mass is 35.5. The average Bonchev–Trinajstić information content (AvgIpc) is 3.47. The van der Waals surface area contributed by atoms with Crippen LogP contribution in [-0.2, 0) is 13.9 Å². The summed E-state index contributed by atoms with van der Waals surface area (Å²) in [6.45, 7) is 0. The zero-order valence-electron chi connectivity index (χ0n) is 18.9. The van der Waals surface area contributed by atoms with Gasteiger partial charge in [0.2, 0.25) is 12.7 Å². The third-order valence-electron chi connectivity index (χ3n) is 5.96. The van der Waals surface area contributed by atoms with Crippen LogP contribution in [0.15, 0.2) is 36.7 Å². The third-order valence-corrected chi connectivity index (χ3v) is 10.3. The van der Waals surface area contributed by atoms with Crippen molar-refractivity contribution in [1.29, 1.82) is 0 Å². The van der Waals surface area contributed by atoms with Crippen LogP contribution >= 0.6 is 26.6 Å². The predicted molar refractivity (Wildman–Crippen MR) is 134 cm³/mol. The molecule has 2 unspecified atom stereocenters. The smallest absolute Gasteiger partial charge is 0.335 e. The number of ether oxygens (including phenoxy) is 1. The number of anilines is 2. The number of hydrogen-bond donors (Lipinski definition) is 7. The third kappa shape index (κ3) is 5.58. The number of hydrogen-bond acceptors (Lipinski definition) is 9. The Labute approximate surface area is 213 Å². The Bertz CT molecular complexity index is 1520. The number of halogens is 1. The summed E-state index contributed by atoms with van der Waals surface area (Å²) in [6.07, 6.45) is -4.57. The van der Waals surface area contributed by atoms with E-state index in [0.717, 1.165) is 10.9 Å². The summed E-state index contributed by atoms with van der Waals surface area (Å²) in [7, 11) is -8.91. The number of rotatable bonds is 8. The van der Waals surface area contributed by atoms with Gasteiger partial charge in [-0.15, -0.1) is 0 Å². The largest absolute Gasteiger partial charge is 0.388 e. The van der Waals surface area contributed by atoms with Crippen molar-refractivity contribution in [2.75, 3.05) is 17.4 Å². The van der Waals surface area contributed by atoms with Crippen molar-refractivity contribution >= 4 is 60.3 Å². The van der Waals surface area contributed by atoms with Crippen LogP contribution in [0.5, 0.6) is 0 Å². The van der Waals surface area contributed by atoms with Crippen molar-refractivity contribution in [3.8, 4) is 0 Å². The number of aromatic nitrogens is 5. The maximum absolute atomic E-state index is 12.1. The van der Waals surface area contributed by atoms with Gasteiger partial charge in [-0.05, 0) is 30.2 Å². The lowest BCUT2D eigenvalue weighted by atomic mass is 10.1. The van der Waals surface area contributed by atoms with E-state index >= 15 is 0 Å². The number of aliphatic hydroxyl groups is 2. The first-order valence-corrected chi connectivity index (χ1v) is 15.2. The first-order valence-electron chi connectivity index (χ1n) is 11.0. The molecule has 1 aromatic carbocycles. The van der Waals surface area contributed by atoms with Gasteiger partial charge in [-0.2, -0.15) is 9.97 Å². The van der Waals surface area contributed by atoms with Crippen LogP contribution in [-0.4, -0.2) is 79.8 Å². The summed E-state index contributed by atoms with van der Waals surface area (Å²) in [5.74, 6) is -0.269. The Morgan fingerprint density at radius 3 is 2.62 bits per heavy atom. The van der Waals surface area contributed by atoms with Crippen molar-refractivity contribution in [1.82, 2.24) is 24.5 Å². The van der Waals surface area contributed by atoms with Gasteiger partial charge in [0, 0.05) is 17.1 Å². The van der Waals surface area contributed by atoms with Gasteiger partial charge in [0.1, 0.15) is 23.9 Å². The number of imidazole rings is 1. The molecule has 37 heavy (non-hydrogen) atoms. The molecule has 4 aromatic rings. The highest BCUT2D eigenvalue weighted by Crippen LogP contribution is 2.55. The Morgan fingerprint density at radius 1 is 1.14 bits per heavy atom. The van der Waals surface area contributed by atoms with Gasteiger partial charge in [-0.25, -0.2) is 4.98 Å². The van der Waals surface area contributed by atoms with Gasteiger partial charge in [-0.3, -0.25) is 13.7 Å². The van der Waals surface area contributed by atoms with Crippen molar-refractivity contribution in [2.45, 2.75) is 31.0 Å². The van der Waals surface area contributed by atoms with Gasteiger partial charge in [0.15, 0.2) is 23.2 Å². The second-order valence-electron chi connectivity index (χ2n) is 8.77. The van der Waals surface area contributed by atoms with Crippen LogP contribution in [0.3, 0.4) is 0 Å². The lowest BCUT2D eigenvalue weighted by Gasteiger charge is -2.18. The molecule has 0 aliphatic carbocycles. The number of H-pyrrole nitrogens is 1. The van der Waals surface area contributed by atoms with E-state index in [1.165, 1.54) is 10.9 Å². The molecule has 17 heteroatoms. The van der Waals surface area contributed by atoms with Crippen molar-refractivity contribution in [3.63, 3.8) is 0 Å². The van der Waals surface area contributed by atoms with Gasteiger partial charge < -0.3 is 39.9 Å². The van der Waals surface area contributed by atoms with Gasteiger partial charge in [0.05, 0.1) is 12.4 Å². The van der Waals surface area contributed by atoms with E-state index in [9.17, 15) is 24.2 Å². The zero-order valence-corrected chi connectivity index (χ0v) is 21.5. The average molecular weight is 573 g/mol.